The number of allylic oxidation sites excluding steroid dienone is 5. The molecule has 51 heavy (non-hydrogen) atoms. The largest absolute Gasteiger partial charge is 0.394 e. The third-order valence-electron chi connectivity index (χ3n) is 10.2. The van der Waals surface area contributed by atoms with Gasteiger partial charge in [-0.1, -0.05) is 204 Å². The predicted molar refractivity (Wildman–Crippen MR) is 222 cm³/mol. The molecule has 4 N–H and O–H groups in total. The van der Waals surface area contributed by atoms with Crippen LogP contribution in [-0.4, -0.2) is 46.1 Å². The van der Waals surface area contributed by atoms with E-state index >= 15 is 0 Å². The second-order valence-electron chi connectivity index (χ2n) is 15.2. The number of amides is 1. The maximum absolute atomic E-state index is 12.4. The Labute approximate surface area is 317 Å². The third kappa shape index (κ3) is 36.7. The molecule has 0 aliphatic rings. The first-order valence-electron chi connectivity index (χ1n) is 22.3. The van der Waals surface area contributed by atoms with Gasteiger partial charge in [-0.25, -0.2) is 0 Å². The first-order chi connectivity index (χ1) is 25.1. The van der Waals surface area contributed by atoms with Gasteiger partial charge in [-0.2, -0.15) is 0 Å². The normalized spacial score (nSPS) is 13.9. The van der Waals surface area contributed by atoms with Crippen molar-refractivity contribution >= 4 is 5.91 Å². The lowest BCUT2D eigenvalue weighted by atomic mass is 10.0. The van der Waals surface area contributed by atoms with Crippen molar-refractivity contribution in [2.45, 2.75) is 244 Å². The molecule has 0 heterocycles. The zero-order valence-electron chi connectivity index (χ0n) is 34.0. The van der Waals surface area contributed by atoms with Crippen LogP contribution in [0.2, 0.25) is 0 Å². The molecule has 0 saturated carbocycles. The number of unbranched alkanes of at least 4 members (excludes halogenated alkanes) is 28. The van der Waals surface area contributed by atoms with Crippen LogP contribution in [0.1, 0.15) is 226 Å². The average molecular weight is 718 g/mol. The minimum atomic E-state index is -1.11. The van der Waals surface area contributed by atoms with Crippen LogP contribution in [0, 0.1) is 0 Å². The number of carbonyl (C=O) groups is 1. The number of aliphatic hydroxyl groups is 3. The van der Waals surface area contributed by atoms with E-state index in [1.807, 2.05) is 6.08 Å². The molecule has 0 aromatic carbocycles. The van der Waals surface area contributed by atoms with Crippen LogP contribution in [0.4, 0.5) is 0 Å². The van der Waals surface area contributed by atoms with Gasteiger partial charge in [0, 0.05) is 0 Å². The Hall–Kier alpha value is -1.43. The van der Waals surface area contributed by atoms with E-state index in [0.717, 1.165) is 38.5 Å². The van der Waals surface area contributed by atoms with Crippen LogP contribution in [-0.2, 0) is 4.79 Å². The molecule has 0 aliphatic heterocycles. The molecule has 0 bridgehead atoms. The summed E-state index contributed by atoms with van der Waals surface area (Å²) >= 11 is 0. The molecular formula is C46H87NO4. The van der Waals surface area contributed by atoms with Crippen LogP contribution in [0.25, 0.3) is 0 Å². The smallest absolute Gasteiger partial charge is 0.249 e. The van der Waals surface area contributed by atoms with E-state index in [2.05, 4.69) is 43.5 Å². The number of carbonyl (C=O) groups excluding carboxylic acids is 1. The molecule has 0 fully saturated rings. The Bertz CT molecular complexity index is 794. The van der Waals surface area contributed by atoms with Gasteiger partial charge < -0.3 is 20.6 Å². The lowest BCUT2D eigenvalue weighted by Crippen LogP contribution is -2.48. The van der Waals surface area contributed by atoms with Gasteiger partial charge in [0.2, 0.25) is 5.91 Å². The Morgan fingerprint density at radius 1 is 0.471 bits per heavy atom. The summed E-state index contributed by atoms with van der Waals surface area (Å²) in [5.41, 5.74) is 0. The summed E-state index contributed by atoms with van der Waals surface area (Å²) in [6.45, 7) is 4.15. The molecule has 0 rings (SSSR count). The molecule has 3 atom stereocenters. The number of nitrogens with one attached hydrogen (secondary N) is 1. The van der Waals surface area contributed by atoms with E-state index in [-0.39, 0.29) is 6.61 Å². The maximum Gasteiger partial charge on any atom is 0.249 e. The second kappa shape index (κ2) is 41.3. The zero-order chi connectivity index (χ0) is 37.3. The van der Waals surface area contributed by atoms with Gasteiger partial charge in [-0.05, 0) is 57.8 Å². The summed E-state index contributed by atoms with van der Waals surface area (Å²) in [7, 11) is 0. The highest BCUT2D eigenvalue weighted by atomic mass is 16.3. The van der Waals surface area contributed by atoms with Crippen LogP contribution in [0.15, 0.2) is 36.5 Å². The Kier molecular flexibility index (Phi) is 40.2. The highest BCUT2D eigenvalue weighted by Gasteiger charge is 2.22. The van der Waals surface area contributed by atoms with Gasteiger partial charge >= 0.3 is 0 Å². The van der Waals surface area contributed by atoms with Gasteiger partial charge in [-0.15, -0.1) is 0 Å². The fourth-order valence-electron chi connectivity index (χ4n) is 6.67. The van der Waals surface area contributed by atoms with Crippen molar-refractivity contribution in [2.24, 2.45) is 0 Å². The van der Waals surface area contributed by atoms with E-state index < -0.39 is 24.2 Å². The Balaban J connectivity index is 3.63. The number of rotatable bonds is 40. The van der Waals surface area contributed by atoms with E-state index in [9.17, 15) is 20.1 Å². The Morgan fingerprint density at radius 2 is 0.804 bits per heavy atom. The molecule has 5 nitrogen and oxygen atoms in total. The lowest BCUT2D eigenvalue weighted by molar-refractivity contribution is -0.131. The monoisotopic (exact) mass is 718 g/mol. The summed E-state index contributed by atoms with van der Waals surface area (Å²) in [4.78, 5) is 12.4. The van der Waals surface area contributed by atoms with Gasteiger partial charge in [0.15, 0.2) is 0 Å². The SMILES string of the molecule is CCCCCCCC/C=C/CC/C=C/C(O)C(CO)NC(=O)C(O)CCCCCCCCCCC/C=C\CCCCCCCCCCCCCC. The first-order valence-corrected chi connectivity index (χ1v) is 22.3. The minimum Gasteiger partial charge on any atom is -0.394 e. The number of aliphatic hydroxyl groups excluding tert-OH is 3. The van der Waals surface area contributed by atoms with E-state index in [1.54, 1.807) is 6.08 Å². The molecule has 0 spiro atoms. The van der Waals surface area contributed by atoms with Crippen molar-refractivity contribution < 1.29 is 20.1 Å². The molecule has 0 aromatic rings. The summed E-state index contributed by atoms with van der Waals surface area (Å²) in [5.74, 6) is -0.515. The highest BCUT2D eigenvalue weighted by Crippen LogP contribution is 2.15. The fourth-order valence-corrected chi connectivity index (χ4v) is 6.67. The quantitative estimate of drug-likeness (QED) is 0.0375. The van der Waals surface area contributed by atoms with Crippen molar-refractivity contribution in [3.8, 4) is 0 Å². The average Bonchev–Trinajstić information content (AvgIpc) is 3.13. The number of hydrogen-bond acceptors (Lipinski definition) is 4. The fraction of sp³-hybridized carbons (Fsp3) is 0.848. The maximum atomic E-state index is 12.4. The summed E-state index contributed by atoms with van der Waals surface area (Å²) < 4.78 is 0. The first kappa shape index (κ1) is 49.6. The van der Waals surface area contributed by atoms with E-state index in [1.165, 1.54) is 167 Å². The predicted octanol–water partition coefficient (Wildman–Crippen LogP) is 12.8. The van der Waals surface area contributed by atoms with Gasteiger partial charge in [0.1, 0.15) is 6.10 Å². The molecule has 0 aromatic heterocycles. The summed E-state index contributed by atoms with van der Waals surface area (Å²) in [6.07, 6.45) is 51.9. The van der Waals surface area contributed by atoms with Crippen LogP contribution in [0.3, 0.4) is 0 Å². The second-order valence-corrected chi connectivity index (χ2v) is 15.2. The molecule has 1 amide bonds. The molecule has 5 heteroatoms. The van der Waals surface area contributed by atoms with Crippen LogP contribution >= 0.6 is 0 Å². The molecule has 0 saturated heterocycles. The third-order valence-corrected chi connectivity index (χ3v) is 10.2. The molecule has 3 unspecified atom stereocenters. The van der Waals surface area contributed by atoms with Crippen molar-refractivity contribution in [1.82, 2.24) is 5.32 Å². The molecule has 0 radical (unpaired) electrons. The van der Waals surface area contributed by atoms with Crippen molar-refractivity contribution in [2.75, 3.05) is 6.61 Å². The lowest BCUT2D eigenvalue weighted by Gasteiger charge is -2.21. The molecule has 300 valence electrons. The topological polar surface area (TPSA) is 89.8 Å². The van der Waals surface area contributed by atoms with Crippen molar-refractivity contribution in [3.05, 3.63) is 36.5 Å². The van der Waals surface area contributed by atoms with Crippen molar-refractivity contribution in [3.63, 3.8) is 0 Å². The van der Waals surface area contributed by atoms with Gasteiger partial charge in [0.05, 0.1) is 18.8 Å². The van der Waals surface area contributed by atoms with Gasteiger partial charge in [-0.3, -0.25) is 4.79 Å². The number of hydrogen-bond donors (Lipinski definition) is 4. The van der Waals surface area contributed by atoms with Crippen molar-refractivity contribution in [1.29, 1.82) is 0 Å². The Morgan fingerprint density at radius 3 is 1.20 bits per heavy atom. The van der Waals surface area contributed by atoms with Gasteiger partial charge in [0.25, 0.3) is 0 Å². The molecular weight excluding hydrogens is 631 g/mol. The van der Waals surface area contributed by atoms with E-state index in [0.29, 0.717) is 6.42 Å². The standard InChI is InChI=1S/C46H87NO4/c1-3-5-7-9-11-13-15-17-18-19-20-21-22-23-24-25-26-27-28-29-31-33-35-37-39-41-45(50)46(51)47-43(42-48)44(49)40-38-36-34-32-30-16-14-12-10-8-6-4-2/h23-24,30,32,38,40,43-45,48-50H,3-22,25-29,31,33-37,39,41-42H2,1-2H3,(H,47,51)/b24-23-,32-30+,40-38+. The highest BCUT2D eigenvalue weighted by molar-refractivity contribution is 5.80. The van der Waals surface area contributed by atoms with Crippen LogP contribution < -0.4 is 5.32 Å². The summed E-state index contributed by atoms with van der Waals surface area (Å²) in [5, 5.41) is 33.0. The van der Waals surface area contributed by atoms with Crippen LogP contribution in [0.5, 0.6) is 0 Å². The zero-order valence-corrected chi connectivity index (χ0v) is 34.0. The summed E-state index contributed by atoms with van der Waals surface area (Å²) in [6, 6.07) is -0.813. The molecule has 0 aliphatic carbocycles. The van der Waals surface area contributed by atoms with E-state index in [4.69, 9.17) is 0 Å². The minimum absolute atomic E-state index is 0.377.